The molecule has 2 heterocycles. The van der Waals surface area contributed by atoms with Crippen molar-refractivity contribution in [2.75, 3.05) is 25.1 Å². The second-order valence-corrected chi connectivity index (χ2v) is 6.41. The van der Waals surface area contributed by atoms with Crippen LogP contribution in [0.2, 0.25) is 5.02 Å². The molecule has 1 saturated heterocycles. The second kappa shape index (κ2) is 7.85. The van der Waals surface area contributed by atoms with Gasteiger partial charge in [-0.05, 0) is 43.5 Å². The van der Waals surface area contributed by atoms with E-state index in [2.05, 4.69) is 10.3 Å². The van der Waals surface area contributed by atoms with Crippen molar-refractivity contribution in [3.05, 3.63) is 53.2 Å². The van der Waals surface area contributed by atoms with Crippen LogP contribution in [0.15, 0.2) is 42.6 Å². The molecule has 1 fully saturated rings. The zero-order chi connectivity index (χ0) is 17.7. The Hall–Kier alpha value is -2.11. The highest BCUT2D eigenvalue weighted by Gasteiger charge is 2.41. The van der Waals surface area contributed by atoms with Crippen LogP contribution in [0.5, 0.6) is 5.88 Å². The first-order valence-electron chi connectivity index (χ1n) is 8.38. The Kier molecular flexibility index (Phi) is 5.56. The van der Waals surface area contributed by atoms with Crippen LogP contribution in [0.25, 0.3) is 0 Å². The third-order valence-electron chi connectivity index (χ3n) is 4.46. The molecule has 132 valence electrons. The van der Waals surface area contributed by atoms with E-state index in [0.29, 0.717) is 49.3 Å². The summed E-state index contributed by atoms with van der Waals surface area (Å²) in [6.07, 6.45) is 2.87. The Morgan fingerprint density at radius 1 is 1.24 bits per heavy atom. The van der Waals surface area contributed by atoms with Crippen LogP contribution in [-0.2, 0) is 14.9 Å². The molecular formula is C19H21ClN2O3. The van der Waals surface area contributed by atoms with Gasteiger partial charge >= 0.3 is 0 Å². The van der Waals surface area contributed by atoms with Crippen LogP contribution in [0.1, 0.15) is 25.3 Å². The van der Waals surface area contributed by atoms with Crippen LogP contribution in [0, 0.1) is 0 Å². The molecule has 0 saturated carbocycles. The van der Waals surface area contributed by atoms with Gasteiger partial charge < -0.3 is 14.8 Å². The molecule has 3 rings (SSSR count). The Labute approximate surface area is 152 Å². The molecule has 1 aliphatic rings. The molecule has 0 atom stereocenters. The SMILES string of the molecule is CCOc1ccc(NC(=O)C2(c3ccc(Cl)cc3)CCOCC2)cn1. The van der Waals surface area contributed by atoms with E-state index in [1.807, 2.05) is 31.2 Å². The quantitative estimate of drug-likeness (QED) is 0.880. The first-order valence-corrected chi connectivity index (χ1v) is 8.76. The summed E-state index contributed by atoms with van der Waals surface area (Å²) in [6, 6.07) is 11.0. The average molecular weight is 361 g/mol. The average Bonchev–Trinajstić information content (AvgIpc) is 2.64. The maximum absolute atomic E-state index is 13.1. The fourth-order valence-electron chi connectivity index (χ4n) is 3.07. The molecule has 1 aromatic heterocycles. The van der Waals surface area contributed by atoms with E-state index in [4.69, 9.17) is 21.1 Å². The summed E-state index contributed by atoms with van der Waals surface area (Å²) >= 11 is 6.00. The van der Waals surface area contributed by atoms with Crippen molar-refractivity contribution < 1.29 is 14.3 Å². The summed E-state index contributed by atoms with van der Waals surface area (Å²) in [5.74, 6) is 0.489. The van der Waals surface area contributed by atoms with Crippen molar-refractivity contribution in [1.29, 1.82) is 0 Å². The third-order valence-corrected chi connectivity index (χ3v) is 4.72. The first-order chi connectivity index (χ1) is 12.1. The lowest BCUT2D eigenvalue weighted by Gasteiger charge is -2.36. The highest BCUT2D eigenvalue weighted by Crippen LogP contribution is 2.36. The minimum Gasteiger partial charge on any atom is -0.478 e. The number of hydrogen-bond donors (Lipinski definition) is 1. The molecule has 0 unspecified atom stereocenters. The molecule has 0 radical (unpaired) electrons. The second-order valence-electron chi connectivity index (χ2n) is 5.97. The monoisotopic (exact) mass is 360 g/mol. The van der Waals surface area contributed by atoms with E-state index in [-0.39, 0.29) is 5.91 Å². The summed E-state index contributed by atoms with van der Waals surface area (Å²) < 4.78 is 10.8. The standard InChI is InChI=1S/C19H21ClN2O3/c1-2-25-17-8-7-16(13-21-17)22-18(23)19(9-11-24-12-10-19)14-3-5-15(20)6-4-14/h3-8,13H,2,9-12H2,1H3,(H,22,23). The van der Waals surface area contributed by atoms with Crippen LogP contribution in [-0.4, -0.2) is 30.7 Å². The number of nitrogens with one attached hydrogen (secondary N) is 1. The number of carbonyl (C=O) groups is 1. The van der Waals surface area contributed by atoms with Crippen molar-refractivity contribution in [2.45, 2.75) is 25.2 Å². The van der Waals surface area contributed by atoms with Gasteiger partial charge in [-0.1, -0.05) is 23.7 Å². The maximum Gasteiger partial charge on any atom is 0.235 e. The Bertz CT molecular complexity index is 710. The van der Waals surface area contributed by atoms with Crippen LogP contribution < -0.4 is 10.1 Å². The Morgan fingerprint density at radius 3 is 2.56 bits per heavy atom. The number of nitrogens with zero attached hydrogens (tertiary/aromatic N) is 1. The Balaban J connectivity index is 1.83. The largest absolute Gasteiger partial charge is 0.478 e. The van der Waals surface area contributed by atoms with Gasteiger partial charge in [-0.25, -0.2) is 4.98 Å². The fraction of sp³-hybridized carbons (Fsp3) is 0.368. The summed E-state index contributed by atoms with van der Waals surface area (Å²) in [4.78, 5) is 17.3. The molecular weight excluding hydrogens is 340 g/mol. The van der Waals surface area contributed by atoms with Crippen LogP contribution >= 0.6 is 11.6 Å². The van der Waals surface area contributed by atoms with Crippen LogP contribution in [0.4, 0.5) is 5.69 Å². The summed E-state index contributed by atoms with van der Waals surface area (Å²) in [7, 11) is 0. The number of hydrogen-bond acceptors (Lipinski definition) is 4. The van der Waals surface area contributed by atoms with Gasteiger partial charge in [-0.3, -0.25) is 4.79 Å². The molecule has 6 heteroatoms. The minimum absolute atomic E-state index is 0.0518. The molecule has 5 nitrogen and oxygen atoms in total. The molecule has 1 aliphatic heterocycles. The molecule has 2 aromatic rings. The van der Waals surface area contributed by atoms with E-state index in [0.717, 1.165) is 5.56 Å². The van der Waals surface area contributed by atoms with E-state index >= 15 is 0 Å². The van der Waals surface area contributed by atoms with E-state index in [1.165, 1.54) is 0 Å². The van der Waals surface area contributed by atoms with Gasteiger partial charge in [-0.2, -0.15) is 0 Å². The van der Waals surface area contributed by atoms with E-state index in [1.54, 1.807) is 18.3 Å². The zero-order valence-electron chi connectivity index (χ0n) is 14.1. The predicted octanol–water partition coefficient (Wildman–Crippen LogP) is 3.82. The topological polar surface area (TPSA) is 60.5 Å². The van der Waals surface area contributed by atoms with Gasteiger partial charge in [0.15, 0.2) is 0 Å². The molecule has 1 aromatic carbocycles. The third kappa shape index (κ3) is 3.94. The number of carbonyl (C=O) groups excluding carboxylic acids is 1. The van der Waals surface area contributed by atoms with Gasteiger partial charge in [0.25, 0.3) is 0 Å². The number of ether oxygens (including phenoxy) is 2. The highest BCUT2D eigenvalue weighted by molar-refractivity contribution is 6.30. The van der Waals surface area contributed by atoms with Gasteiger partial charge in [0.2, 0.25) is 11.8 Å². The molecule has 0 spiro atoms. The lowest BCUT2D eigenvalue weighted by molar-refractivity contribution is -0.125. The number of rotatable bonds is 5. The van der Waals surface area contributed by atoms with Crippen molar-refractivity contribution >= 4 is 23.2 Å². The molecule has 0 aliphatic carbocycles. The number of anilines is 1. The normalized spacial score (nSPS) is 16.2. The maximum atomic E-state index is 13.1. The van der Waals surface area contributed by atoms with Gasteiger partial charge in [0.05, 0.1) is 23.9 Å². The number of pyridine rings is 1. The molecule has 25 heavy (non-hydrogen) atoms. The number of aromatic nitrogens is 1. The smallest absolute Gasteiger partial charge is 0.235 e. The van der Waals surface area contributed by atoms with Crippen LogP contribution in [0.3, 0.4) is 0 Å². The summed E-state index contributed by atoms with van der Waals surface area (Å²) in [6.45, 7) is 3.56. The highest BCUT2D eigenvalue weighted by atomic mass is 35.5. The molecule has 1 N–H and O–H groups in total. The predicted molar refractivity (Wildman–Crippen MR) is 97.2 cm³/mol. The van der Waals surface area contributed by atoms with E-state index in [9.17, 15) is 4.79 Å². The number of benzene rings is 1. The van der Waals surface area contributed by atoms with E-state index < -0.39 is 5.41 Å². The fourth-order valence-corrected chi connectivity index (χ4v) is 3.20. The van der Waals surface area contributed by atoms with Crippen molar-refractivity contribution in [2.24, 2.45) is 0 Å². The molecule has 0 bridgehead atoms. The lowest BCUT2D eigenvalue weighted by atomic mass is 9.73. The van der Waals surface area contributed by atoms with Crippen molar-refractivity contribution in [3.8, 4) is 5.88 Å². The van der Waals surface area contributed by atoms with Gasteiger partial charge in [0, 0.05) is 24.3 Å². The summed E-state index contributed by atoms with van der Waals surface area (Å²) in [5.41, 5.74) is 0.978. The summed E-state index contributed by atoms with van der Waals surface area (Å²) in [5, 5.41) is 3.64. The van der Waals surface area contributed by atoms with Gasteiger partial charge in [0.1, 0.15) is 0 Å². The molecule has 1 amide bonds. The lowest BCUT2D eigenvalue weighted by Crippen LogP contribution is -2.44. The number of amides is 1. The Morgan fingerprint density at radius 2 is 1.96 bits per heavy atom. The van der Waals surface area contributed by atoms with Gasteiger partial charge in [-0.15, -0.1) is 0 Å². The first kappa shape index (κ1) is 17.7. The minimum atomic E-state index is -0.624. The zero-order valence-corrected chi connectivity index (χ0v) is 14.9. The number of halogens is 1. The van der Waals surface area contributed by atoms with Crippen molar-refractivity contribution in [1.82, 2.24) is 4.98 Å². The van der Waals surface area contributed by atoms with Crippen molar-refractivity contribution in [3.63, 3.8) is 0 Å².